The number of ether oxygens (including phenoxy) is 1. The second kappa shape index (κ2) is 17.8. The van der Waals surface area contributed by atoms with Crippen molar-refractivity contribution in [2.24, 2.45) is 5.73 Å². The molecule has 0 fully saturated rings. The molecule has 0 bridgehead atoms. The Balaban J connectivity index is 1.39. The number of nitrogens with zero attached hydrogens (tertiary/aromatic N) is 2. The van der Waals surface area contributed by atoms with Crippen molar-refractivity contribution < 1.29 is 24.4 Å². The Hall–Kier alpha value is -4.55. The fraction of sp³-hybridized carbons (Fsp3) is 0.382. The Bertz CT molecular complexity index is 1510. The Morgan fingerprint density at radius 1 is 0.978 bits per heavy atom. The van der Waals surface area contributed by atoms with Gasteiger partial charge in [0.25, 0.3) is 0 Å². The molecular weight excluding hydrogens is 602 g/mol. The molecule has 11 nitrogen and oxygen atoms in total. The van der Waals surface area contributed by atoms with Gasteiger partial charge in [0.2, 0.25) is 22.8 Å². The van der Waals surface area contributed by atoms with Crippen molar-refractivity contribution in [3.8, 4) is 0 Å². The second-order valence-corrected chi connectivity index (χ2v) is 13.0. The Morgan fingerprint density at radius 3 is 2.41 bits per heavy atom. The van der Waals surface area contributed by atoms with Crippen LogP contribution >= 0.6 is 11.3 Å². The number of benzene rings is 2. The first kappa shape index (κ1) is 35.9. The molecule has 1 heterocycles. The lowest BCUT2D eigenvalue weighted by Gasteiger charge is -2.22. The third kappa shape index (κ3) is 13.6. The molecule has 246 valence electrons. The summed E-state index contributed by atoms with van der Waals surface area (Å²) in [4.78, 5) is 37.2. The molecule has 0 aliphatic heterocycles. The number of anilines is 1. The van der Waals surface area contributed by atoms with Crippen LogP contribution in [0.3, 0.4) is 0 Å². The van der Waals surface area contributed by atoms with Gasteiger partial charge in [0, 0.05) is 18.2 Å². The molecule has 0 spiro atoms. The third-order valence-corrected chi connectivity index (χ3v) is 7.55. The smallest absolute Gasteiger partial charge is 0.408 e. The van der Waals surface area contributed by atoms with Crippen molar-refractivity contribution in [2.75, 3.05) is 12.4 Å². The number of aromatic nitrogens is 2. The highest BCUT2D eigenvalue weighted by Gasteiger charge is 2.19. The molecule has 3 rings (SSSR count). The molecule has 0 aliphatic rings. The van der Waals surface area contributed by atoms with Gasteiger partial charge in [-0.15, -0.1) is 10.2 Å². The largest absolute Gasteiger partial charge is 0.444 e. The van der Waals surface area contributed by atoms with Gasteiger partial charge in [-0.1, -0.05) is 65.9 Å². The number of unbranched alkanes of at least 4 members (excludes halogenated alkanes) is 1. The first-order valence-electron chi connectivity index (χ1n) is 15.4. The highest BCUT2D eigenvalue weighted by Crippen LogP contribution is 2.20. The molecule has 0 aliphatic carbocycles. The number of carbonyl (C=O) groups is 3. The van der Waals surface area contributed by atoms with Gasteiger partial charge in [-0.25, -0.2) is 4.79 Å². The molecule has 7 N–H and O–H groups in total. The Kier molecular flexibility index (Phi) is 13.9. The van der Waals surface area contributed by atoms with Gasteiger partial charge < -0.3 is 26.4 Å². The van der Waals surface area contributed by atoms with Crippen LogP contribution in [0.5, 0.6) is 0 Å². The maximum atomic E-state index is 12.7. The summed E-state index contributed by atoms with van der Waals surface area (Å²) in [7, 11) is 1.87. The lowest BCUT2D eigenvalue weighted by atomic mass is 10.0. The number of quaternary nitrogens is 1. The number of alkyl carbamates (subject to hydrolysis) is 1. The minimum atomic E-state index is -0.583. The predicted molar refractivity (Wildman–Crippen MR) is 181 cm³/mol. The molecule has 0 saturated carbocycles. The summed E-state index contributed by atoms with van der Waals surface area (Å²) < 4.78 is 5.33. The summed E-state index contributed by atoms with van der Waals surface area (Å²) >= 11 is 1.36. The average Bonchev–Trinajstić information content (AvgIpc) is 3.43. The lowest BCUT2D eigenvalue weighted by Crippen LogP contribution is -2.80. The Morgan fingerprint density at radius 2 is 1.70 bits per heavy atom. The van der Waals surface area contributed by atoms with E-state index in [1.807, 2.05) is 107 Å². The van der Waals surface area contributed by atoms with Crippen LogP contribution < -0.4 is 27.0 Å². The molecule has 3 amide bonds. The lowest BCUT2D eigenvalue weighted by molar-refractivity contribution is -0.580. The highest BCUT2D eigenvalue weighted by molar-refractivity contribution is 7.15. The van der Waals surface area contributed by atoms with Gasteiger partial charge in [0.1, 0.15) is 10.6 Å². The predicted octanol–water partition coefficient (Wildman–Crippen LogP) is 4.25. The van der Waals surface area contributed by atoms with Crippen LogP contribution in [0.4, 0.5) is 9.93 Å². The molecule has 0 radical (unpaired) electrons. The third-order valence-electron chi connectivity index (χ3n) is 6.65. The van der Waals surface area contributed by atoms with E-state index >= 15 is 0 Å². The standard InChI is InChI=1S/C34H45N7O4S/c1-23(37-33(44)45-34(2,3)4)26-15-11-14-25(20-26)22-30(43)39-32-41-40-31(46-32)17-10-9-16-27(35)18-19-28(36-5)38-29(42)21-24-12-7-6-8-13-24/h6-8,11-15,18-20,23,36H,9-10,16-17,21-22,35H2,1-5H3,(H,37,44)(H,38,42)(H,39,41,43)/p+1/b27-18-,28-19+. The van der Waals surface area contributed by atoms with E-state index < -0.39 is 11.7 Å². The zero-order valence-corrected chi connectivity index (χ0v) is 28.1. The summed E-state index contributed by atoms with van der Waals surface area (Å²) in [6.45, 7) is 7.30. The SMILES string of the molecule is C[NH2+]/C(=C\C=C(/N)CCCCc1nnc(NC(=O)Cc2cccc(C(C)NC(=O)OC(C)(C)C)c2)s1)NC(=O)Cc1ccccc1. The number of aryl methyl sites for hydroxylation is 1. The molecule has 2 aromatic carbocycles. The fourth-order valence-electron chi connectivity index (χ4n) is 4.38. The molecule has 46 heavy (non-hydrogen) atoms. The van der Waals surface area contributed by atoms with Gasteiger partial charge in [-0.05, 0) is 69.7 Å². The van der Waals surface area contributed by atoms with E-state index in [1.165, 1.54) is 11.3 Å². The molecule has 1 unspecified atom stereocenters. The number of rotatable bonds is 15. The maximum absolute atomic E-state index is 12.7. The van der Waals surface area contributed by atoms with E-state index in [2.05, 4.69) is 26.1 Å². The molecule has 12 heteroatoms. The van der Waals surface area contributed by atoms with Crippen LogP contribution in [-0.4, -0.2) is 40.8 Å². The molecule has 0 saturated heterocycles. The highest BCUT2D eigenvalue weighted by atomic mass is 32.1. The fourth-order valence-corrected chi connectivity index (χ4v) is 5.17. The summed E-state index contributed by atoms with van der Waals surface area (Å²) in [5.41, 5.74) is 8.98. The zero-order valence-electron chi connectivity index (χ0n) is 27.3. The van der Waals surface area contributed by atoms with Gasteiger partial charge in [0.05, 0.1) is 25.9 Å². The van der Waals surface area contributed by atoms with Crippen LogP contribution in [0.1, 0.15) is 74.7 Å². The summed E-state index contributed by atoms with van der Waals surface area (Å²) in [5.74, 6) is 0.423. The van der Waals surface area contributed by atoms with Crippen LogP contribution in [0.25, 0.3) is 0 Å². The normalized spacial score (nSPS) is 12.7. The van der Waals surface area contributed by atoms with E-state index in [4.69, 9.17) is 10.5 Å². The van der Waals surface area contributed by atoms with Crippen LogP contribution in [0, 0.1) is 0 Å². The molecular formula is C34H46N7O4S+. The van der Waals surface area contributed by atoms with E-state index in [1.54, 1.807) is 0 Å². The number of allylic oxidation sites excluding steroid dienone is 3. The average molecular weight is 649 g/mol. The van der Waals surface area contributed by atoms with Crippen molar-refractivity contribution in [1.82, 2.24) is 20.8 Å². The molecule has 1 atom stereocenters. The maximum Gasteiger partial charge on any atom is 0.408 e. The van der Waals surface area contributed by atoms with E-state index in [9.17, 15) is 14.4 Å². The van der Waals surface area contributed by atoms with E-state index in [0.717, 1.165) is 46.7 Å². The van der Waals surface area contributed by atoms with Crippen LogP contribution in [0.15, 0.2) is 78.3 Å². The first-order valence-corrected chi connectivity index (χ1v) is 16.2. The van der Waals surface area contributed by atoms with E-state index in [-0.39, 0.29) is 24.3 Å². The molecule has 3 aromatic rings. The summed E-state index contributed by atoms with van der Waals surface area (Å²) in [6.07, 6.45) is 6.78. The van der Waals surface area contributed by atoms with Crippen LogP contribution in [0.2, 0.25) is 0 Å². The zero-order chi connectivity index (χ0) is 33.5. The van der Waals surface area contributed by atoms with Gasteiger partial charge in [-0.3, -0.25) is 14.9 Å². The van der Waals surface area contributed by atoms with Crippen molar-refractivity contribution in [3.05, 3.63) is 100.0 Å². The number of hydrogen-bond donors (Lipinski definition) is 5. The summed E-state index contributed by atoms with van der Waals surface area (Å²) in [5, 5.41) is 20.0. The van der Waals surface area contributed by atoms with Crippen LogP contribution in [-0.2, 0) is 33.6 Å². The second-order valence-electron chi connectivity index (χ2n) is 11.9. The minimum Gasteiger partial charge on any atom is -0.444 e. The summed E-state index contributed by atoms with van der Waals surface area (Å²) in [6, 6.07) is 16.8. The van der Waals surface area contributed by atoms with Crippen molar-refractivity contribution >= 4 is 34.4 Å². The topological polar surface area (TPSA) is 165 Å². The van der Waals surface area contributed by atoms with Crippen molar-refractivity contribution in [3.63, 3.8) is 0 Å². The first-order chi connectivity index (χ1) is 21.9. The van der Waals surface area contributed by atoms with Gasteiger partial charge in [-0.2, -0.15) is 0 Å². The minimum absolute atomic E-state index is 0.0799. The number of hydrogen-bond acceptors (Lipinski definition) is 8. The van der Waals surface area contributed by atoms with Gasteiger partial charge >= 0.3 is 6.09 Å². The number of nitrogens with one attached hydrogen (secondary N) is 3. The van der Waals surface area contributed by atoms with Crippen molar-refractivity contribution in [2.45, 2.75) is 77.9 Å². The number of carbonyl (C=O) groups excluding carboxylic acids is 3. The number of nitrogens with two attached hydrogens (primary N) is 2. The molecule has 1 aromatic heterocycles. The Labute approximate surface area is 275 Å². The number of amides is 3. The van der Waals surface area contributed by atoms with Crippen molar-refractivity contribution in [1.29, 1.82) is 0 Å². The van der Waals surface area contributed by atoms with E-state index in [0.29, 0.717) is 23.8 Å². The monoisotopic (exact) mass is 648 g/mol. The van der Waals surface area contributed by atoms with Gasteiger partial charge in [0.15, 0.2) is 0 Å². The quantitative estimate of drug-likeness (QED) is 0.121.